The summed E-state index contributed by atoms with van der Waals surface area (Å²) in [5, 5.41) is 0. The summed E-state index contributed by atoms with van der Waals surface area (Å²) in [6.45, 7) is 15.0. The number of rotatable bonds is 8. The summed E-state index contributed by atoms with van der Waals surface area (Å²) >= 11 is 0. The molecule has 3 heterocycles. The lowest BCUT2D eigenvalue weighted by molar-refractivity contribution is 0.588. The first-order valence-electron chi connectivity index (χ1n) is 20.6. The molecular formula is C55H50N4. The molecule has 0 spiro atoms. The van der Waals surface area contributed by atoms with E-state index in [2.05, 4.69) is 155 Å². The Balaban J connectivity index is 1.36. The van der Waals surface area contributed by atoms with Gasteiger partial charge in [0.05, 0.1) is 28.5 Å². The Hall–Kier alpha value is -6.78. The van der Waals surface area contributed by atoms with E-state index in [-0.39, 0.29) is 5.41 Å². The molecule has 59 heavy (non-hydrogen) atoms. The zero-order chi connectivity index (χ0) is 40.9. The van der Waals surface area contributed by atoms with E-state index < -0.39 is 0 Å². The summed E-state index contributed by atoms with van der Waals surface area (Å²) in [6, 6.07) is 39.0. The van der Waals surface area contributed by atoms with Crippen molar-refractivity contribution in [1.82, 2.24) is 15.0 Å². The highest BCUT2D eigenvalue weighted by molar-refractivity contribution is 5.86. The summed E-state index contributed by atoms with van der Waals surface area (Å²) < 4.78 is 0. The summed E-state index contributed by atoms with van der Waals surface area (Å²) in [6.07, 6.45) is 21.8. The van der Waals surface area contributed by atoms with Gasteiger partial charge in [0.15, 0.2) is 5.82 Å². The maximum Gasteiger partial charge on any atom is 0.160 e. The van der Waals surface area contributed by atoms with Crippen molar-refractivity contribution < 1.29 is 0 Å². The van der Waals surface area contributed by atoms with Crippen LogP contribution in [0.25, 0.3) is 79.2 Å². The first kappa shape index (κ1) is 39.1. The molecule has 0 atom stereocenters. The third kappa shape index (κ3) is 8.44. The fourth-order valence-corrected chi connectivity index (χ4v) is 7.91. The van der Waals surface area contributed by atoms with Crippen LogP contribution >= 0.6 is 0 Å². The predicted octanol–water partition coefficient (Wildman–Crippen LogP) is 14.7. The van der Waals surface area contributed by atoms with E-state index in [1.807, 2.05) is 50.4 Å². The summed E-state index contributed by atoms with van der Waals surface area (Å²) in [4.78, 5) is 20.5. The summed E-state index contributed by atoms with van der Waals surface area (Å²) in [5.41, 5.74) is 17.8. The van der Waals surface area contributed by atoms with Crippen molar-refractivity contribution in [3.05, 3.63) is 186 Å². The molecule has 290 valence electrons. The van der Waals surface area contributed by atoms with Crippen molar-refractivity contribution in [2.45, 2.75) is 59.3 Å². The highest BCUT2D eigenvalue weighted by atomic mass is 14.9. The molecule has 2 aliphatic rings. The monoisotopic (exact) mass is 766 g/mol. The van der Waals surface area contributed by atoms with Gasteiger partial charge in [0, 0.05) is 40.5 Å². The second-order valence-electron chi connectivity index (χ2n) is 16.1. The van der Waals surface area contributed by atoms with Gasteiger partial charge in [-0.3, -0.25) is 4.99 Å². The smallest absolute Gasteiger partial charge is 0.160 e. The third-order valence-electron chi connectivity index (χ3n) is 11.1. The van der Waals surface area contributed by atoms with Crippen LogP contribution in [0.5, 0.6) is 0 Å². The molecule has 0 amide bonds. The van der Waals surface area contributed by atoms with E-state index in [0.29, 0.717) is 5.82 Å². The Kier molecular flexibility index (Phi) is 11.2. The van der Waals surface area contributed by atoms with Gasteiger partial charge in [-0.2, -0.15) is 0 Å². The molecule has 6 aromatic rings. The van der Waals surface area contributed by atoms with Crippen molar-refractivity contribution >= 4 is 29.1 Å². The fraction of sp³-hybridized carbons (Fsp3) is 0.164. The zero-order valence-electron chi connectivity index (χ0n) is 34.7. The van der Waals surface area contributed by atoms with Crippen molar-refractivity contribution in [2.24, 2.45) is 4.99 Å². The molecule has 0 radical (unpaired) electrons. The minimum absolute atomic E-state index is 0.0154. The molecule has 0 unspecified atom stereocenters. The first-order valence-corrected chi connectivity index (χ1v) is 20.6. The lowest BCUT2D eigenvalue weighted by Gasteiger charge is -2.26. The maximum atomic E-state index is 5.32. The molecule has 8 rings (SSSR count). The molecule has 1 aliphatic heterocycles. The second-order valence-corrected chi connectivity index (χ2v) is 16.1. The molecule has 4 nitrogen and oxygen atoms in total. The zero-order valence-corrected chi connectivity index (χ0v) is 34.7. The lowest BCUT2D eigenvalue weighted by atomic mass is 9.79. The Morgan fingerprint density at radius 1 is 0.678 bits per heavy atom. The van der Waals surface area contributed by atoms with Gasteiger partial charge in [-0.25, -0.2) is 15.0 Å². The van der Waals surface area contributed by atoms with Gasteiger partial charge in [0.25, 0.3) is 0 Å². The van der Waals surface area contributed by atoms with Crippen molar-refractivity contribution in [2.75, 3.05) is 0 Å². The van der Waals surface area contributed by atoms with Gasteiger partial charge >= 0.3 is 0 Å². The van der Waals surface area contributed by atoms with Gasteiger partial charge in [-0.15, -0.1) is 0 Å². The van der Waals surface area contributed by atoms with E-state index in [4.69, 9.17) is 19.9 Å². The average Bonchev–Trinajstić information content (AvgIpc) is 3.27. The summed E-state index contributed by atoms with van der Waals surface area (Å²) in [7, 11) is 0. The topological polar surface area (TPSA) is 51.0 Å². The Labute approximate surface area is 349 Å². The number of hydrogen-bond donors (Lipinski definition) is 0. The number of allylic oxidation sites excluding steroid dienone is 9. The van der Waals surface area contributed by atoms with Crippen molar-refractivity contribution in [3.8, 4) is 56.3 Å². The van der Waals surface area contributed by atoms with Crippen LogP contribution in [0.4, 0.5) is 0 Å². The van der Waals surface area contributed by atoms with Crippen LogP contribution in [0.1, 0.15) is 81.8 Å². The summed E-state index contributed by atoms with van der Waals surface area (Å²) in [5.74, 6) is 0.671. The Morgan fingerprint density at radius 3 is 2.10 bits per heavy atom. The van der Waals surface area contributed by atoms with Crippen molar-refractivity contribution in [3.63, 3.8) is 0 Å². The highest BCUT2D eigenvalue weighted by Crippen LogP contribution is 2.40. The van der Waals surface area contributed by atoms with Crippen LogP contribution in [0.3, 0.4) is 0 Å². The number of benzene rings is 4. The molecule has 0 N–H and O–H groups in total. The predicted molar refractivity (Wildman–Crippen MR) is 252 cm³/mol. The van der Waals surface area contributed by atoms with Gasteiger partial charge in [-0.1, -0.05) is 149 Å². The molecule has 4 aromatic carbocycles. The van der Waals surface area contributed by atoms with Crippen molar-refractivity contribution in [1.29, 1.82) is 0 Å². The largest absolute Gasteiger partial charge is 0.259 e. The SMILES string of the molecule is C=C/C(=C\C)c1ccc(-c2cc(-c3cc(-c4ccc(C(C)(C)C)c(C5=CC=CCC5)c4)cc(-c4ccc5c(n4)/C(=C/C)N=CC/C=C\5)c3)nc(-c3ccccc3)n2)cc1. The third-order valence-corrected chi connectivity index (χ3v) is 11.1. The standard InChI is InChI=1S/C55H50N4/c1-7-37(8-2)38-23-25-40(26-24-38)51-36-52(59-54(58-51)42-21-14-11-15-22-42)46-33-44(43-27-29-48(55(4,5)6)47(35-43)39-18-12-10-13-19-39)32-45(34-46)50-30-28-41-20-16-17-31-56-49(9-3)53(41)57-50/h7-12,14-16,18,20-36H,1,13,17,19H2,2-6H3/b20-16-,37-8+,49-9-,56-31?. The Morgan fingerprint density at radius 2 is 1.41 bits per heavy atom. The van der Waals surface area contributed by atoms with E-state index >= 15 is 0 Å². The fourth-order valence-electron chi connectivity index (χ4n) is 7.91. The molecule has 0 saturated carbocycles. The normalized spacial score (nSPS) is 15.3. The van der Waals surface area contributed by atoms with E-state index in [1.54, 1.807) is 0 Å². The number of hydrogen-bond acceptors (Lipinski definition) is 4. The minimum Gasteiger partial charge on any atom is -0.259 e. The first-order chi connectivity index (χ1) is 28.7. The van der Waals surface area contributed by atoms with Crippen LogP contribution in [0, 0.1) is 0 Å². The van der Waals surface area contributed by atoms with Gasteiger partial charge in [-0.05, 0) is 107 Å². The van der Waals surface area contributed by atoms with Crippen LogP contribution in [0.2, 0.25) is 0 Å². The maximum absolute atomic E-state index is 5.32. The highest BCUT2D eigenvalue weighted by Gasteiger charge is 2.22. The lowest BCUT2D eigenvalue weighted by Crippen LogP contribution is -2.14. The average molecular weight is 767 g/mol. The van der Waals surface area contributed by atoms with E-state index in [0.717, 1.165) is 97.8 Å². The van der Waals surface area contributed by atoms with E-state index in [1.165, 1.54) is 16.7 Å². The molecule has 0 saturated heterocycles. The quantitative estimate of drug-likeness (QED) is 0.145. The van der Waals surface area contributed by atoms with Crippen LogP contribution in [0.15, 0.2) is 163 Å². The number of fused-ring (bicyclic) bond motifs is 1. The van der Waals surface area contributed by atoms with Crippen LogP contribution in [-0.2, 0) is 5.41 Å². The molecular weight excluding hydrogens is 717 g/mol. The van der Waals surface area contributed by atoms with Gasteiger partial charge in [0.2, 0.25) is 0 Å². The molecule has 0 fully saturated rings. The van der Waals surface area contributed by atoms with Gasteiger partial charge < -0.3 is 0 Å². The Bertz CT molecular complexity index is 2730. The van der Waals surface area contributed by atoms with Gasteiger partial charge in [0.1, 0.15) is 0 Å². The molecule has 0 bridgehead atoms. The van der Waals surface area contributed by atoms with Crippen LogP contribution < -0.4 is 0 Å². The number of aromatic nitrogens is 3. The molecule has 4 heteroatoms. The number of nitrogens with zero attached hydrogens (tertiary/aromatic N) is 4. The van der Waals surface area contributed by atoms with E-state index in [9.17, 15) is 0 Å². The molecule has 1 aliphatic carbocycles. The number of aliphatic imine (C=N–C) groups is 1. The second kappa shape index (κ2) is 17.0. The van der Waals surface area contributed by atoms with Crippen LogP contribution in [-0.4, -0.2) is 21.2 Å². The minimum atomic E-state index is -0.0154. The number of pyridine rings is 1. The molecule has 2 aromatic heterocycles.